The number of ether oxygens (including phenoxy) is 1. The molecule has 0 fully saturated rings. The number of nitrogen functional groups attached to an aromatic ring is 1. The summed E-state index contributed by atoms with van der Waals surface area (Å²) < 4.78 is 5.26. The Labute approximate surface area is 118 Å². The van der Waals surface area contributed by atoms with E-state index in [1.165, 1.54) is 0 Å². The van der Waals surface area contributed by atoms with Crippen molar-refractivity contribution < 1.29 is 4.74 Å². The second-order valence-corrected chi connectivity index (χ2v) is 5.27. The molecule has 0 bridgehead atoms. The van der Waals surface area contributed by atoms with Crippen molar-refractivity contribution in [3.8, 4) is 5.75 Å². The number of rotatable bonds is 5. The molecule has 0 unspecified atom stereocenters. The van der Waals surface area contributed by atoms with Gasteiger partial charge in [0.05, 0.1) is 12.4 Å². The van der Waals surface area contributed by atoms with E-state index in [0.29, 0.717) is 0 Å². The summed E-state index contributed by atoms with van der Waals surface area (Å²) in [4.78, 5) is 1.07. The minimum absolute atomic E-state index is 0.153. The lowest BCUT2D eigenvalue weighted by Crippen LogP contribution is -1.94. The second kappa shape index (κ2) is 6.34. The Morgan fingerprint density at radius 1 is 1.21 bits per heavy atom. The molecule has 98 valence electrons. The quantitative estimate of drug-likeness (QED) is 0.500. The summed E-state index contributed by atoms with van der Waals surface area (Å²) in [6.07, 6.45) is 1.92. The fourth-order valence-corrected chi connectivity index (χ4v) is 2.81. The van der Waals surface area contributed by atoms with E-state index >= 15 is 0 Å². The van der Waals surface area contributed by atoms with Crippen molar-refractivity contribution >= 4 is 17.4 Å². The number of methoxy groups -OCH3 is 1. The number of hydrogen-bond acceptors (Lipinski definition) is 3. The number of anilines is 1. The molecule has 2 N–H and O–H groups in total. The molecule has 19 heavy (non-hydrogen) atoms. The molecule has 2 nitrogen and oxygen atoms in total. The molecular formula is C16H17NOS. The lowest BCUT2D eigenvalue weighted by Gasteiger charge is -2.15. The summed E-state index contributed by atoms with van der Waals surface area (Å²) in [7, 11) is 1.67. The zero-order valence-electron chi connectivity index (χ0n) is 10.9. The molecule has 0 saturated heterocycles. The first kappa shape index (κ1) is 13.6. The first-order valence-corrected chi connectivity index (χ1v) is 6.90. The summed E-state index contributed by atoms with van der Waals surface area (Å²) in [6.45, 7) is 3.92. The summed E-state index contributed by atoms with van der Waals surface area (Å²) in [5, 5.41) is 0.153. The zero-order chi connectivity index (χ0) is 13.7. The van der Waals surface area contributed by atoms with Gasteiger partial charge in [-0.25, -0.2) is 0 Å². The van der Waals surface area contributed by atoms with Gasteiger partial charge in [-0.3, -0.25) is 0 Å². The SMILES string of the molecule is C=C[C@@H](Sc1ccccc1N)c1cccc(OC)c1. The molecule has 0 aliphatic carbocycles. The topological polar surface area (TPSA) is 35.2 Å². The largest absolute Gasteiger partial charge is 0.497 e. The molecular weight excluding hydrogens is 254 g/mol. The normalized spacial score (nSPS) is 11.8. The van der Waals surface area contributed by atoms with Crippen molar-refractivity contribution in [2.45, 2.75) is 10.1 Å². The number of hydrogen-bond donors (Lipinski definition) is 1. The van der Waals surface area contributed by atoms with E-state index in [-0.39, 0.29) is 5.25 Å². The van der Waals surface area contributed by atoms with Crippen LogP contribution in [0.15, 0.2) is 66.1 Å². The van der Waals surface area contributed by atoms with Gasteiger partial charge < -0.3 is 10.5 Å². The van der Waals surface area contributed by atoms with Crippen LogP contribution in [0.5, 0.6) is 5.75 Å². The van der Waals surface area contributed by atoms with Crippen molar-refractivity contribution in [2.24, 2.45) is 0 Å². The highest BCUT2D eigenvalue weighted by Crippen LogP contribution is 2.39. The maximum absolute atomic E-state index is 5.98. The van der Waals surface area contributed by atoms with E-state index < -0.39 is 0 Å². The molecule has 0 heterocycles. The standard InChI is InChI=1S/C16H17NOS/c1-3-15(12-7-6-8-13(11-12)18-2)19-16-10-5-4-9-14(16)17/h3-11,15H,1,17H2,2H3/t15-/m1/s1. The van der Waals surface area contributed by atoms with Crippen molar-refractivity contribution in [1.29, 1.82) is 0 Å². The van der Waals surface area contributed by atoms with E-state index in [1.54, 1.807) is 18.9 Å². The minimum Gasteiger partial charge on any atom is -0.497 e. The van der Waals surface area contributed by atoms with E-state index in [2.05, 4.69) is 12.6 Å². The minimum atomic E-state index is 0.153. The van der Waals surface area contributed by atoms with Crippen LogP contribution in [0.1, 0.15) is 10.8 Å². The van der Waals surface area contributed by atoms with Crippen LogP contribution >= 0.6 is 11.8 Å². The Kier molecular flexibility index (Phi) is 4.53. The predicted octanol–water partition coefficient (Wildman–Crippen LogP) is 4.30. The van der Waals surface area contributed by atoms with Gasteiger partial charge in [0.1, 0.15) is 5.75 Å². The molecule has 2 aromatic rings. The van der Waals surface area contributed by atoms with Gasteiger partial charge in [0.25, 0.3) is 0 Å². The average Bonchev–Trinajstić information content (AvgIpc) is 2.46. The van der Waals surface area contributed by atoms with Crippen molar-refractivity contribution in [1.82, 2.24) is 0 Å². The van der Waals surface area contributed by atoms with E-state index in [1.807, 2.05) is 48.5 Å². The van der Waals surface area contributed by atoms with Crippen LogP contribution in [0.4, 0.5) is 5.69 Å². The van der Waals surface area contributed by atoms with Gasteiger partial charge in [0.15, 0.2) is 0 Å². The van der Waals surface area contributed by atoms with Gasteiger partial charge in [-0.1, -0.05) is 30.3 Å². The first-order valence-electron chi connectivity index (χ1n) is 6.02. The van der Waals surface area contributed by atoms with Gasteiger partial charge in [0.2, 0.25) is 0 Å². The van der Waals surface area contributed by atoms with Crippen molar-refractivity contribution in [3.63, 3.8) is 0 Å². The zero-order valence-corrected chi connectivity index (χ0v) is 11.7. The Morgan fingerprint density at radius 3 is 2.68 bits per heavy atom. The first-order chi connectivity index (χ1) is 9.24. The Hall–Kier alpha value is -1.87. The monoisotopic (exact) mass is 271 g/mol. The predicted molar refractivity (Wildman–Crippen MR) is 82.6 cm³/mol. The Balaban J connectivity index is 2.25. The number of nitrogens with two attached hydrogens (primary N) is 1. The van der Waals surface area contributed by atoms with Crippen LogP contribution in [-0.4, -0.2) is 7.11 Å². The number of thioether (sulfide) groups is 1. The Bertz CT molecular complexity index is 568. The highest BCUT2D eigenvalue weighted by atomic mass is 32.2. The van der Waals surface area contributed by atoms with Crippen LogP contribution in [0.3, 0.4) is 0 Å². The van der Waals surface area contributed by atoms with Gasteiger partial charge in [-0.2, -0.15) is 0 Å². The molecule has 0 aromatic heterocycles. The molecule has 0 saturated carbocycles. The van der Waals surface area contributed by atoms with Crippen LogP contribution in [-0.2, 0) is 0 Å². The molecule has 0 amide bonds. The highest BCUT2D eigenvalue weighted by Gasteiger charge is 2.11. The fourth-order valence-electron chi connectivity index (χ4n) is 1.80. The van der Waals surface area contributed by atoms with Gasteiger partial charge in [-0.05, 0) is 29.8 Å². The van der Waals surface area contributed by atoms with Crippen molar-refractivity contribution in [3.05, 3.63) is 66.7 Å². The fraction of sp³-hybridized carbons (Fsp3) is 0.125. The maximum Gasteiger partial charge on any atom is 0.119 e. The lowest BCUT2D eigenvalue weighted by molar-refractivity contribution is 0.414. The number of benzene rings is 2. The van der Waals surface area contributed by atoms with Crippen LogP contribution in [0, 0.1) is 0 Å². The van der Waals surface area contributed by atoms with Gasteiger partial charge >= 0.3 is 0 Å². The molecule has 2 aromatic carbocycles. The van der Waals surface area contributed by atoms with Gasteiger partial charge in [-0.15, -0.1) is 18.3 Å². The summed E-state index contributed by atoms with van der Waals surface area (Å²) in [5.41, 5.74) is 7.93. The lowest BCUT2D eigenvalue weighted by atomic mass is 10.1. The number of para-hydroxylation sites is 1. The van der Waals surface area contributed by atoms with Crippen LogP contribution < -0.4 is 10.5 Å². The average molecular weight is 271 g/mol. The molecule has 3 heteroatoms. The molecule has 1 atom stereocenters. The van der Waals surface area contributed by atoms with E-state index in [9.17, 15) is 0 Å². The molecule has 0 spiro atoms. The molecule has 0 aliphatic rings. The molecule has 0 aliphatic heterocycles. The summed E-state index contributed by atoms with van der Waals surface area (Å²) >= 11 is 1.69. The second-order valence-electron chi connectivity index (χ2n) is 4.09. The summed E-state index contributed by atoms with van der Waals surface area (Å²) in [5.74, 6) is 0.853. The van der Waals surface area contributed by atoms with Crippen LogP contribution in [0.25, 0.3) is 0 Å². The van der Waals surface area contributed by atoms with E-state index in [0.717, 1.165) is 21.9 Å². The molecule has 0 radical (unpaired) electrons. The highest BCUT2D eigenvalue weighted by molar-refractivity contribution is 7.99. The third kappa shape index (κ3) is 3.32. The molecule has 2 rings (SSSR count). The Morgan fingerprint density at radius 2 is 2.00 bits per heavy atom. The van der Waals surface area contributed by atoms with Crippen LogP contribution in [0.2, 0.25) is 0 Å². The van der Waals surface area contributed by atoms with Gasteiger partial charge in [0, 0.05) is 10.6 Å². The third-order valence-corrected chi connectivity index (χ3v) is 4.15. The smallest absolute Gasteiger partial charge is 0.119 e. The maximum atomic E-state index is 5.98. The van der Waals surface area contributed by atoms with Crippen molar-refractivity contribution in [2.75, 3.05) is 12.8 Å². The third-order valence-electron chi connectivity index (χ3n) is 2.81. The summed E-state index contributed by atoms with van der Waals surface area (Å²) in [6, 6.07) is 15.9. The van der Waals surface area contributed by atoms with E-state index in [4.69, 9.17) is 10.5 Å².